The minimum atomic E-state index is -1.10. The van der Waals surface area contributed by atoms with E-state index in [1.165, 1.54) is 19.2 Å². The summed E-state index contributed by atoms with van der Waals surface area (Å²) in [7, 11) is 5.27. The van der Waals surface area contributed by atoms with Gasteiger partial charge in [0.25, 0.3) is 5.91 Å². The molecule has 1 fully saturated rings. The molecular weight excluding hydrogens is 338 g/mol. The van der Waals surface area contributed by atoms with E-state index in [2.05, 4.69) is 4.90 Å². The molecule has 144 valence electrons. The van der Waals surface area contributed by atoms with E-state index < -0.39 is 12.1 Å². The molecule has 1 amide bonds. The molecule has 1 unspecified atom stereocenters. The number of carboxylic acid groups (broad SMARTS) is 1. The van der Waals surface area contributed by atoms with Crippen LogP contribution >= 0.6 is 0 Å². The molecule has 8 nitrogen and oxygen atoms in total. The first-order valence-corrected chi connectivity index (χ1v) is 8.57. The average molecular weight is 365 g/mol. The fraction of sp³-hybridized carbons (Fsp3) is 0.556. The van der Waals surface area contributed by atoms with Crippen LogP contribution in [0.1, 0.15) is 20.7 Å². The molecule has 1 aliphatic heterocycles. The number of aromatic carboxylic acids is 1. The lowest BCUT2D eigenvalue weighted by molar-refractivity contribution is 0.0479. The van der Waals surface area contributed by atoms with Crippen molar-refractivity contribution < 1.29 is 24.5 Å². The highest BCUT2D eigenvalue weighted by Crippen LogP contribution is 2.19. The Labute approximate surface area is 153 Å². The maximum atomic E-state index is 12.7. The lowest BCUT2D eigenvalue weighted by Gasteiger charge is -2.36. The Kier molecular flexibility index (Phi) is 6.96. The van der Waals surface area contributed by atoms with Crippen LogP contribution in [0.25, 0.3) is 0 Å². The second-order valence-electron chi connectivity index (χ2n) is 6.76. The molecule has 1 saturated heterocycles. The number of rotatable bonds is 7. The number of hydrogen-bond acceptors (Lipinski definition) is 6. The first-order chi connectivity index (χ1) is 12.3. The van der Waals surface area contributed by atoms with Gasteiger partial charge in [-0.05, 0) is 32.3 Å². The first kappa shape index (κ1) is 20.2. The van der Waals surface area contributed by atoms with Gasteiger partial charge in [-0.3, -0.25) is 9.69 Å². The smallest absolute Gasteiger partial charge is 0.335 e. The highest BCUT2D eigenvalue weighted by atomic mass is 16.5. The summed E-state index contributed by atoms with van der Waals surface area (Å²) in [5.74, 6) is -0.962. The van der Waals surface area contributed by atoms with Gasteiger partial charge in [0.1, 0.15) is 5.75 Å². The fourth-order valence-electron chi connectivity index (χ4n) is 3.06. The molecular formula is C18H27N3O5. The van der Waals surface area contributed by atoms with Crippen LogP contribution in [0.4, 0.5) is 0 Å². The quantitative estimate of drug-likeness (QED) is 0.706. The molecule has 1 aromatic carbocycles. The van der Waals surface area contributed by atoms with Crippen LogP contribution in [0, 0.1) is 0 Å². The van der Waals surface area contributed by atoms with Gasteiger partial charge >= 0.3 is 5.97 Å². The van der Waals surface area contributed by atoms with Crippen LogP contribution in [0.15, 0.2) is 18.2 Å². The monoisotopic (exact) mass is 365 g/mol. The van der Waals surface area contributed by atoms with E-state index in [-0.39, 0.29) is 11.5 Å². The molecule has 1 aliphatic rings. The molecule has 0 saturated carbocycles. The zero-order valence-electron chi connectivity index (χ0n) is 15.5. The Hall–Kier alpha value is -2.16. The van der Waals surface area contributed by atoms with Crippen LogP contribution < -0.4 is 4.74 Å². The third kappa shape index (κ3) is 5.42. The number of nitrogens with zero attached hydrogens (tertiary/aromatic N) is 3. The number of hydrogen-bond donors (Lipinski definition) is 2. The third-order valence-electron chi connectivity index (χ3n) is 4.34. The van der Waals surface area contributed by atoms with Gasteiger partial charge in [0.2, 0.25) is 0 Å². The Balaban J connectivity index is 1.98. The first-order valence-electron chi connectivity index (χ1n) is 8.57. The molecule has 2 rings (SSSR count). The van der Waals surface area contributed by atoms with Gasteiger partial charge in [0.05, 0.1) is 18.8 Å². The Bertz CT molecular complexity index is 642. The molecule has 0 aliphatic carbocycles. The molecule has 8 heteroatoms. The van der Waals surface area contributed by atoms with Crippen LogP contribution in [-0.2, 0) is 0 Å². The van der Waals surface area contributed by atoms with E-state index in [0.717, 1.165) is 0 Å². The van der Waals surface area contributed by atoms with Gasteiger partial charge in [-0.1, -0.05) is 0 Å². The van der Waals surface area contributed by atoms with Crippen molar-refractivity contribution in [1.29, 1.82) is 0 Å². The number of aliphatic hydroxyl groups excluding tert-OH is 1. The number of methoxy groups -OCH3 is 1. The highest BCUT2D eigenvalue weighted by molar-refractivity contribution is 5.98. The summed E-state index contributed by atoms with van der Waals surface area (Å²) in [6.45, 7) is 3.59. The van der Waals surface area contributed by atoms with Crippen LogP contribution in [0.3, 0.4) is 0 Å². The second kappa shape index (κ2) is 8.98. The van der Waals surface area contributed by atoms with Crippen molar-refractivity contribution in [3.05, 3.63) is 29.3 Å². The van der Waals surface area contributed by atoms with Gasteiger partial charge in [-0.15, -0.1) is 0 Å². The molecule has 0 aromatic heterocycles. The van der Waals surface area contributed by atoms with Crippen molar-refractivity contribution in [2.75, 3.05) is 60.5 Å². The lowest BCUT2D eigenvalue weighted by atomic mass is 10.1. The van der Waals surface area contributed by atoms with Crippen LogP contribution in [0.2, 0.25) is 0 Å². The van der Waals surface area contributed by atoms with Crippen molar-refractivity contribution in [1.82, 2.24) is 14.7 Å². The van der Waals surface area contributed by atoms with Crippen molar-refractivity contribution in [3.63, 3.8) is 0 Å². The maximum Gasteiger partial charge on any atom is 0.335 e. The topological polar surface area (TPSA) is 93.5 Å². The zero-order chi connectivity index (χ0) is 19.3. The molecule has 0 bridgehead atoms. The second-order valence-corrected chi connectivity index (χ2v) is 6.76. The molecule has 2 N–H and O–H groups in total. The van der Waals surface area contributed by atoms with Crippen molar-refractivity contribution in [3.8, 4) is 5.75 Å². The van der Waals surface area contributed by atoms with E-state index in [1.807, 2.05) is 19.0 Å². The molecule has 0 radical (unpaired) electrons. The average Bonchev–Trinajstić information content (AvgIpc) is 2.60. The molecule has 26 heavy (non-hydrogen) atoms. The molecule has 1 aromatic rings. The molecule has 1 atom stereocenters. The summed E-state index contributed by atoms with van der Waals surface area (Å²) >= 11 is 0. The van der Waals surface area contributed by atoms with Gasteiger partial charge in [-0.2, -0.15) is 0 Å². The third-order valence-corrected chi connectivity index (χ3v) is 4.34. The van der Waals surface area contributed by atoms with Gasteiger partial charge in [0.15, 0.2) is 0 Å². The number of piperazine rings is 1. The normalized spacial score (nSPS) is 16.6. The maximum absolute atomic E-state index is 12.7. The number of likely N-dealkylation sites (N-methyl/N-ethyl adjacent to an activating group) is 1. The standard InChI is InChI=1S/C18H27N3O5/c1-19(2)11-15(22)12-20-4-6-21(7-5-20)17(23)13-8-14(18(24)25)10-16(9-13)26-3/h8-10,15,22H,4-7,11-12H2,1-3H3,(H,24,25). The SMILES string of the molecule is COc1cc(C(=O)O)cc(C(=O)N2CCN(CC(O)CN(C)C)CC2)c1. The highest BCUT2D eigenvalue weighted by Gasteiger charge is 2.24. The number of amides is 1. The number of β-amino-alcohol motifs (C(OH)–C–C–N with tert-alkyl or cyclic N) is 1. The van der Waals surface area contributed by atoms with Crippen molar-refractivity contribution in [2.45, 2.75) is 6.10 Å². The van der Waals surface area contributed by atoms with Gasteiger partial charge < -0.3 is 24.7 Å². The van der Waals surface area contributed by atoms with Gasteiger partial charge in [-0.25, -0.2) is 4.79 Å². The van der Waals surface area contributed by atoms with E-state index in [4.69, 9.17) is 4.74 Å². The number of benzene rings is 1. The Morgan fingerprint density at radius 2 is 1.77 bits per heavy atom. The van der Waals surface area contributed by atoms with Crippen molar-refractivity contribution in [2.24, 2.45) is 0 Å². The number of ether oxygens (including phenoxy) is 1. The molecule has 0 spiro atoms. The lowest BCUT2D eigenvalue weighted by Crippen LogP contribution is -2.51. The van der Waals surface area contributed by atoms with E-state index in [0.29, 0.717) is 50.6 Å². The largest absolute Gasteiger partial charge is 0.497 e. The number of carboxylic acids is 1. The minimum Gasteiger partial charge on any atom is -0.497 e. The van der Waals surface area contributed by atoms with E-state index in [1.54, 1.807) is 11.0 Å². The summed E-state index contributed by atoms with van der Waals surface area (Å²) in [4.78, 5) is 29.7. The fourth-order valence-corrected chi connectivity index (χ4v) is 3.06. The summed E-state index contributed by atoms with van der Waals surface area (Å²) in [5, 5.41) is 19.2. The van der Waals surface area contributed by atoms with E-state index in [9.17, 15) is 19.8 Å². The summed E-state index contributed by atoms with van der Waals surface area (Å²) in [6.07, 6.45) is -0.427. The summed E-state index contributed by atoms with van der Waals surface area (Å²) < 4.78 is 5.10. The van der Waals surface area contributed by atoms with Crippen LogP contribution in [0.5, 0.6) is 5.75 Å². The predicted octanol–water partition coefficient (Wildman–Crippen LogP) is 0.0737. The number of carbonyl (C=O) groups is 2. The number of aliphatic hydroxyl groups is 1. The minimum absolute atomic E-state index is 0.0261. The number of carbonyl (C=O) groups excluding carboxylic acids is 1. The van der Waals surface area contributed by atoms with Gasteiger partial charge in [0, 0.05) is 44.8 Å². The zero-order valence-corrected chi connectivity index (χ0v) is 15.5. The van der Waals surface area contributed by atoms with Crippen molar-refractivity contribution >= 4 is 11.9 Å². The summed E-state index contributed by atoms with van der Waals surface area (Å²) in [6, 6.07) is 4.32. The van der Waals surface area contributed by atoms with Crippen LogP contribution in [-0.4, -0.2) is 103 Å². The Morgan fingerprint density at radius 3 is 2.31 bits per heavy atom. The Morgan fingerprint density at radius 1 is 1.15 bits per heavy atom. The summed E-state index contributed by atoms with van der Waals surface area (Å²) in [5.41, 5.74) is 0.334. The van der Waals surface area contributed by atoms with E-state index >= 15 is 0 Å². The molecule has 1 heterocycles. The predicted molar refractivity (Wildman–Crippen MR) is 96.9 cm³/mol.